The molecule has 0 radical (unpaired) electrons. The number of likely N-dealkylation sites (N-methyl/N-ethyl adjacent to an activating group) is 1. The predicted octanol–water partition coefficient (Wildman–Crippen LogP) is 0.335. The molecule has 0 aliphatic heterocycles. The SMILES string of the molecule is CN(CC1(O)CCCC1)S(=O)(=O)c1ccn[nH]1. The van der Waals surface area contributed by atoms with Crippen LogP contribution < -0.4 is 0 Å². The number of aromatic amines is 1. The minimum Gasteiger partial charge on any atom is -0.389 e. The highest BCUT2D eigenvalue weighted by Crippen LogP contribution is 2.30. The van der Waals surface area contributed by atoms with E-state index in [1.807, 2.05) is 0 Å². The second kappa shape index (κ2) is 4.40. The molecule has 0 saturated heterocycles. The summed E-state index contributed by atoms with van der Waals surface area (Å²) in [5, 5.41) is 16.3. The third kappa shape index (κ3) is 2.51. The maximum Gasteiger partial charge on any atom is 0.259 e. The molecule has 0 unspecified atom stereocenters. The Morgan fingerprint density at radius 3 is 2.71 bits per heavy atom. The van der Waals surface area contributed by atoms with Gasteiger partial charge in [-0.25, -0.2) is 8.42 Å². The summed E-state index contributed by atoms with van der Waals surface area (Å²) in [5.74, 6) is 0. The first kappa shape index (κ1) is 12.5. The molecule has 0 atom stereocenters. The summed E-state index contributed by atoms with van der Waals surface area (Å²) in [6, 6.07) is 1.41. The van der Waals surface area contributed by atoms with Crippen LogP contribution in [-0.4, -0.2) is 47.2 Å². The van der Waals surface area contributed by atoms with Gasteiger partial charge in [-0.3, -0.25) is 5.10 Å². The quantitative estimate of drug-likeness (QED) is 0.816. The van der Waals surface area contributed by atoms with Crippen molar-refractivity contribution >= 4 is 10.0 Å². The molecule has 1 heterocycles. The molecule has 1 aliphatic carbocycles. The molecule has 1 aliphatic rings. The standard InChI is InChI=1S/C10H17N3O3S/c1-13(8-10(14)5-2-3-6-10)17(15,16)9-4-7-11-12-9/h4,7,14H,2-3,5-6,8H2,1H3,(H,11,12). The maximum absolute atomic E-state index is 12.1. The molecular weight excluding hydrogens is 242 g/mol. The van der Waals surface area contributed by atoms with E-state index < -0.39 is 15.6 Å². The van der Waals surface area contributed by atoms with Gasteiger partial charge in [0.1, 0.15) is 0 Å². The Hall–Kier alpha value is -0.920. The molecule has 7 heteroatoms. The van der Waals surface area contributed by atoms with Crippen molar-refractivity contribution in [3.8, 4) is 0 Å². The highest BCUT2D eigenvalue weighted by Gasteiger charge is 2.36. The summed E-state index contributed by atoms with van der Waals surface area (Å²) in [5.41, 5.74) is -0.873. The van der Waals surface area contributed by atoms with Crippen molar-refractivity contribution in [1.29, 1.82) is 0 Å². The lowest BCUT2D eigenvalue weighted by molar-refractivity contribution is 0.0333. The minimum atomic E-state index is -3.57. The summed E-state index contributed by atoms with van der Waals surface area (Å²) in [7, 11) is -2.09. The van der Waals surface area contributed by atoms with Crippen LogP contribution in [0.25, 0.3) is 0 Å². The second-order valence-electron chi connectivity index (χ2n) is 4.61. The average molecular weight is 259 g/mol. The molecule has 1 aromatic heterocycles. The normalized spacial score (nSPS) is 19.9. The first-order valence-corrected chi connectivity index (χ1v) is 7.06. The van der Waals surface area contributed by atoms with Gasteiger partial charge in [0.2, 0.25) is 0 Å². The molecule has 96 valence electrons. The van der Waals surface area contributed by atoms with Crippen molar-refractivity contribution in [2.75, 3.05) is 13.6 Å². The Morgan fingerprint density at radius 2 is 2.18 bits per heavy atom. The van der Waals surface area contributed by atoms with Gasteiger partial charge in [-0.15, -0.1) is 0 Å². The number of aliphatic hydroxyl groups is 1. The molecular formula is C10H17N3O3S. The molecule has 2 N–H and O–H groups in total. The van der Waals surface area contributed by atoms with Crippen molar-refractivity contribution in [1.82, 2.24) is 14.5 Å². The monoisotopic (exact) mass is 259 g/mol. The van der Waals surface area contributed by atoms with E-state index in [4.69, 9.17) is 0 Å². The van der Waals surface area contributed by atoms with E-state index in [2.05, 4.69) is 10.2 Å². The minimum absolute atomic E-state index is 0.0570. The van der Waals surface area contributed by atoms with Gasteiger partial charge in [-0.1, -0.05) is 12.8 Å². The Kier molecular flexibility index (Phi) is 3.24. The number of H-pyrrole nitrogens is 1. The van der Waals surface area contributed by atoms with Crippen molar-refractivity contribution in [3.05, 3.63) is 12.3 Å². The van der Waals surface area contributed by atoms with Crippen LogP contribution in [0, 0.1) is 0 Å². The lowest BCUT2D eigenvalue weighted by Crippen LogP contribution is -2.42. The number of sulfonamides is 1. The van der Waals surface area contributed by atoms with Gasteiger partial charge in [0.25, 0.3) is 10.0 Å². The highest BCUT2D eigenvalue weighted by molar-refractivity contribution is 7.89. The Morgan fingerprint density at radius 1 is 1.53 bits per heavy atom. The van der Waals surface area contributed by atoms with Crippen LogP contribution in [0.4, 0.5) is 0 Å². The Balaban J connectivity index is 2.12. The number of rotatable bonds is 4. The average Bonchev–Trinajstić information content (AvgIpc) is 2.88. The Labute approximate surface area is 101 Å². The lowest BCUT2D eigenvalue weighted by Gasteiger charge is -2.27. The summed E-state index contributed by atoms with van der Waals surface area (Å²) >= 11 is 0. The van der Waals surface area contributed by atoms with Crippen molar-refractivity contribution < 1.29 is 13.5 Å². The van der Waals surface area contributed by atoms with E-state index in [9.17, 15) is 13.5 Å². The zero-order chi connectivity index (χ0) is 12.5. The number of hydrogen-bond acceptors (Lipinski definition) is 4. The molecule has 0 bridgehead atoms. The van der Waals surface area contributed by atoms with Crippen LogP contribution in [0.1, 0.15) is 25.7 Å². The van der Waals surface area contributed by atoms with Gasteiger partial charge in [0.15, 0.2) is 5.03 Å². The zero-order valence-electron chi connectivity index (χ0n) is 9.76. The molecule has 17 heavy (non-hydrogen) atoms. The van der Waals surface area contributed by atoms with Gasteiger partial charge in [0.05, 0.1) is 11.8 Å². The topological polar surface area (TPSA) is 86.3 Å². The van der Waals surface area contributed by atoms with Crippen LogP contribution in [-0.2, 0) is 10.0 Å². The smallest absolute Gasteiger partial charge is 0.259 e. The molecule has 1 aromatic rings. The summed E-state index contributed by atoms with van der Waals surface area (Å²) in [4.78, 5) is 0. The van der Waals surface area contributed by atoms with E-state index in [-0.39, 0.29) is 11.6 Å². The number of nitrogens with zero attached hydrogens (tertiary/aromatic N) is 2. The van der Waals surface area contributed by atoms with Crippen LogP contribution in [0.15, 0.2) is 17.3 Å². The van der Waals surface area contributed by atoms with Crippen molar-refractivity contribution in [2.24, 2.45) is 0 Å². The highest BCUT2D eigenvalue weighted by atomic mass is 32.2. The van der Waals surface area contributed by atoms with E-state index in [0.717, 1.165) is 12.8 Å². The van der Waals surface area contributed by atoms with E-state index >= 15 is 0 Å². The van der Waals surface area contributed by atoms with Crippen LogP contribution in [0.2, 0.25) is 0 Å². The first-order valence-electron chi connectivity index (χ1n) is 5.62. The molecule has 0 amide bonds. The van der Waals surface area contributed by atoms with Crippen LogP contribution in [0.3, 0.4) is 0 Å². The third-order valence-corrected chi connectivity index (χ3v) is 4.95. The van der Waals surface area contributed by atoms with Crippen LogP contribution in [0.5, 0.6) is 0 Å². The van der Waals surface area contributed by atoms with E-state index in [1.165, 1.54) is 23.6 Å². The maximum atomic E-state index is 12.1. The predicted molar refractivity (Wildman–Crippen MR) is 61.8 cm³/mol. The molecule has 0 spiro atoms. The fraction of sp³-hybridized carbons (Fsp3) is 0.700. The van der Waals surface area contributed by atoms with Gasteiger partial charge in [-0.05, 0) is 18.9 Å². The summed E-state index contributed by atoms with van der Waals surface area (Å²) in [6.45, 7) is 0.133. The lowest BCUT2D eigenvalue weighted by atomic mass is 10.0. The molecule has 2 rings (SSSR count). The van der Waals surface area contributed by atoms with Crippen molar-refractivity contribution in [3.63, 3.8) is 0 Å². The van der Waals surface area contributed by atoms with Gasteiger partial charge in [0, 0.05) is 13.6 Å². The first-order chi connectivity index (χ1) is 7.94. The van der Waals surface area contributed by atoms with Crippen LogP contribution >= 0.6 is 0 Å². The van der Waals surface area contributed by atoms with Crippen molar-refractivity contribution in [2.45, 2.75) is 36.3 Å². The van der Waals surface area contributed by atoms with E-state index in [0.29, 0.717) is 12.8 Å². The largest absolute Gasteiger partial charge is 0.389 e. The Bertz CT molecular complexity index is 463. The van der Waals surface area contributed by atoms with Gasteiger partial charge in [-0.2, -0.15) is 9.40 Å². The molecule has 1 fully saturated rings. The summed E-state index contributed by atoms with van der Waals surface area (Å²) < 4.78 is 25.3. The second-order valence-corrected chi connectivity index (χ2v) is 6.63. The zero-order valence-corrected chi connectivity index (χ0v) is 10.6. The fourth-order valence-electron chi connectivity index (χ4n) is 2.25. The molecule has 6 nitrogen and oxygen atoms in total. The van der Waals surface area contributed by atoms with Gasteiger partial charge >= 0.3 is 0 Å². The number of hydrogen-bond donors (Lipinski definition) is 2. The fourth-order valence-corrected chi connectivity index (χ4v) is 3.39. The van der Waals surface area contributed by atoms with E-state index in [1.54, 1.807) is 0 Å². The summed E-state index contributed by atoms with van der Waals surface area (Å²) in [6.07, 6.45) is 4.62. The molecule has 0 aromatic carbocycles. The third-order valence-electron chi connectivity index (χ3n) is 3.21. The number of nitrogens with one attached hydrogen (secondary N) is 1. The van der Waals surface area contributed by atoms with Gasteiger partial charge < -0.3 is 5.11 Å². The molecule has 1 saturated carbocycles. The number of aromatic nitrogens is 2.